The number of hydrogen-bond acceptors (Lipinski definition) is 2. The van der Waals surface area contributed by atoms with Crippen molar-refractivity contribution in [3.05, 3.63) is 35.7 Å². The summed E-state index contributed by atoms with van der Waals surface area (Å²) in [4.78, 5) is 3.45. The summed E-state index contributed by atoms with van der Waals surface area (Å²) in [6, 6.07) is 6.11. The Kier molecular flexibility index (Phi) is 2.33. The topological polar surface area (TPSA) is 54.9 Å². The zero-order chi connectivity index (χ0) is 11.0. The zero-order valence-electron chi connectivity index (χ0n) is 9.20. The second-order valence-electron chi connectivity index (χ2n) is 4.51. The first kappa shape index (κ1) is 9.73. The van der Waals surface area contributed by atoms with Crippen molar-refractivity contribution >= 4 is 0 Å². The minimum Gasteiger partial charge on any atom is -0.463 e. The standard InChI is InChI=1S/C13H16N2O/c14-8-9-3-4-10-7-12(15-11(10)6-9)13-2-1-5-16-13/h1-2,5,7,9,15H,3-4,6,8,14H2. The Morgan fingerprint density at radius 1 is 1.50 bits per heavy atom. The fraction of sp³-hybridized carbons (Fsp3) is 0.385. The molecule has 0 aliphatic heterocycles. The number of fused-ring (bicyclic) bond motifs is 1. The van der Waals surface area contributed by atoms with Crippen LogP contribution in [0.2, 0.25) is 0 Å². The summed E-state index contributed by atoms with van der Waals surface area (Å²) in [5, 5.41) is 0. The van der Waals surface area contributed by atoms with Crippen LogP contribution in [0.25, 0.3) is 11.5 Å². The highest BCUT2D eigenvalue weighted by molar-refractivity contribution is 5.55. The molecule has 0 amide bonds. The van der Waals surface area contributed by atoms with Gasteiger partial charge in [-0.05, 0) is 55.5 Å². The van der Waals surface area contributed by atoms with E-state index in [0.717, 1.165) is 30.8 Å². The van der Waals surface area contributed by atoms with Crippen molar-refractivity contribution < 1.29 is 4.42 Å². The van der Waals surface area contributed by atoms with Gasteiger partial charge in [0.15, 0.2) is 0 Å². The van der Waals surface area contributed by atoms with Crippen molar-refractivity contribution in [2.24, 2.45) is 11.7 Å². The summed E-state index contributed by atoms with van der Waals surface area (Å²) in [6.45, 7) is 0.786. The van der Waals surface area contributed by atoms with Crippen LogP contribution in [-0.2, 0) is 12.8 Å². The first-order valence-corrected chi connectivity index (χ1v) is 5.81. The molecule has 0 fully saturated rings. The predicted octanol–water partition coefficient (Wildman–Crippen LogP) is 2.34. The van der Waals surface area contributed by atoms with Crippen LogP contribution in [0.5, 0.6) is 0 Å². The molecule has 0 saturated carbocycles. The third-order valence-electron chi connectivity index (χ3n) is 3.43. The van der Waals surface area contributed by atoms with Crippen molar-refractivity contribution in [3.63, 3.8) is 0 Å². The van der Waals surface area contributed by atoms with Crippen LogP contribution in [0.1, 0.15) is 17.7 Å². The van der Waals surface area contributed by atoms with E-state index in [2.05, 4.69) is 11.1 Å². The van der Waals surface area contributed by atoms with Crippen molar-refractivity contribution in [1.29, 1.82) is 0 Å². The molecule has 1 unspecified atom stereocenters. The highest BCUT2D eigenvalue weighted by Crippen LogP contribution is 2.29. The average molecular weight is 216 g/mol. The van der Waals surface area contributed by atoms with Crippen LogP contribution in [-0.4, -0.2) is 11.5 Å². The number of H-pyrrole nitrogens is 1. The molecular formula is C13H16N2O. The third kappa shape index (κ3) is 1.57. The molecule has 3 nitrogen and oxygen atoms in total. The van der Waals surface area contributed by atoms with Crippen molar-refractivity contribution in [2.75, 3.05) is 6.54 Å². The number of aromatic nitrogens is 1. The summed E-state index contributed by atoms with van der Waals surface area (Å²) in [5.74, 6) is 1.55. The molecule has 2 heterocycles. The molecule has 0 radical (unpaired) electrons. The van der Waals surface area contributed by atoms with Crippen LogP contribution >= 0.6 is 0 Å². The summed E-state index contributed by atoms with van der Waals surface area (Å²) >= 11 is 0. The van der Waals surface area contributed by atoms with E-state index in [0.29, 0.717) is 5.92 Å². The van der Waals surface area contributed by atoms with E-state index in [9.17, 15) is 0 Å². The molecule has 0 spiro atoms. The molecule has 3 heteroatoms. The molecule has 1 atom stereocenters. The number of nitrogens with one attached hydrogen (secondary N) is 1. The van der Waals surface area contributed by atoms with Crippen molar-refractivity contribution in [3.8, 4) is 11.5 Å². The van der Waals surface area contributed by atoms with Gasteiger partial charge in [0.1, 0.15) is 5.76 Å². The molecule has 3 N–H and O–H groups in total. The van der Waals surface area contributed by atoms with Gasteiger partial charge >= 0.3 is 0 Å². The molecule has 1 aliphatic rings. The van der Waals surface area contributed by atoms with Gasteiger partial charge in [-0.15, -0.1) is 0 Å². The average Bonchev–Trinajstić information content (AvgIpc) is 2.96. The van der Waals surface area contributed by atoms with Gasteiger partial charge in [-0.3, -0.25) is 0 Å². The van der Waals surface area contributed by atoms with Crippen LogP contribution in [0, 0.1) is 5.92 Å². The number of hydrogen-bond donors (Lipinski definition) is 2. The van der Waals surface area contributed by atoms with Crippen LogP contribution in [0.3, 0.4) is 0 Å². The molecule has 16 heavy (non-hydrogen) atoms. The molecule has 3 rings (SSSR count). The van der Waals surface area contributed by atoms with Gasteiger partial charge in [0.2, 0.25) is 0 Å². The summed E-state index contributed by atoms with van der Waals surface area (Å²) in [5.41, 5.74) is 9.59. The molecule has 84 valence electrons. The highest BCUT2D eigenvalue weighted by Gasteiger charge is 2.20. The largest absolute Gasteiger partial charge is 0.463 e. The normalized spacial score (nSPS) is 19.7. The van der Waals surface area contributed by atoms with E-state index >= 15 is 0 Å². The lowest BCUT2D eigenvalue weighted by atomic mass is 9.88. The van der Waals surface area contributed by atoms with Crippen LogP contribution in [0.4, 0.5) is 0 Å². The van der Waals surface area contributed by atoms with Crippen molar-refractivity contribution in [2.45, 2.75) is 19.3 Å². The van der Waals surface area contributed by atoms with Gasteiger partial charge in [-0.1, -0.05) is 0 Å². The first-order valence-electron chi connectivity index (χ1n) is 5.81. The SMILES string of the molecule is NCC1CCc2cc(-c3ccco3)[nH]c2C1. The van der Waals surface area contributed by atoms with Gasteiger partial charge in [-0.25, -0.2) is 0 Å². The van der Waals surface area contributed by atoms with Gasteiger partial charge in [0, 0.05) is 5.69 Å². The van der Waals surface area contributed by atoms with Crippen molar-refractivity contribution in [1.82, 2.24) is 4.98 Å². The summed E-state index contributed by atoms with van der Waals surface area (Å²) in [7, 11) is 0. The fourth-order valence-corrected chi connectivity index (χ4v) is 2.46. The third-order valence-corrected chi connectivity index (χ3v) is 3.43. The molecule has 0 saturated heterocycles. The summed E-state index contributed by atoms with van der Waals surface area (Å²) < 4.78 is 5.39. The van der Waals surface area contributed by atoms with Gasteiger partial charge in [0.25, 0.3) is 0 Å². The number of aryl methyl sites for hydroxylation is 1. The number of nitrogens with two attached hydrogens (primary N) is 1. The quantitative estimate of drug-likeness (QED) is 0.809. The molecule has 1 aliphatic carbocycles. The minimum atomic E-state index is 0.635. The lowest BCUT2D eigenvalue weighted by Gasteiger charge is -2.19. The maximum atomic E-state index is 5.73. The zero-order valence-corrected chi connectivity index (χ0v) is 9.20. The Bertz CT molecular complexity index is 470. The maximum absolute atomic E-state index is 5.73. The lowest BCUT2D eigenvalue weighted by molar-refractivity contribution is 0.464. The number of rotatable bonds is 2. The van der Waals surface area contributed by atoms with Crippen LogP contribution in [0.15, 0.2) is 28.9 Å². The molecule has 0 aromatic carbocycles. The maximum Gasteiger partial charge on any atom is 0.150 e. The minimum absolute atomic E-state index is 0.635. The van der Waals surface area contributed by atoms with E-state index in [4.69, 9.17) is 10.2 Å². The monoisotopic (exact) mass is 216 g/mol. The van der Waals surface area contributed by atoms with E-state index in [1.165, 1.54) is 17.7 Å². The summed E-state index contributed by atoms with van der Waals surface area (Å²) in [6.07, 6.45) is 5.12. The second kappa shape index (κ2) is 3.83. The predicted molar refractivity (Wildman–Crippen MR) is 63.1 cm³/mol. The fourth-order valence-electron chi connectivity index (χ4n) is 2.46. The van der Waals surface area contributed by atoms with Crippen LogP contribution < -0.4 is 5.73 Å². The Morgan fingerprint density at radius 3 is 3.19 bits per heavy atom. The Labute approximate surface area is 94.7 Å². The highest BCUT2D eigenvalue weighted by atomic mass is 16.3. The van der Waals surface area contributed by atoms with Gasteiger partial charge in [-0.2, -0.15) is 0 Å². The molecule has 0 bridgehead atoms. The number of aromatic amines is 1. The van der Waals surface area contributed by atoms with Gasteiger partial charge < -0.3 is 15.1 Å². The first-order chi connectivity index (χ1) is 7.86. The molecule has 2 aromatic rings. The van der Waals surface area contributed by atoms with E-state index in [1.54, 1.807) is 6.26 Å². The van der Waals surface area contributed by atoms with E-state index in [-0.39, 0.29) is 0 Å². The second-order valence-corrected chi connectivity index (χ2v) is 4.51. The van der Waals surface area contributed by atoms with Gasteiger partial charge in [0.05, 0.1) is 12.0 Å². The van der Waals surface area contributed by atoms with E-state index in [1.807, 2.05) is 12.1 Å². The lowest BCUT2D eigenvalue weighted by Crippen LogP contribution is -2.21. The number of furan rings is 1. The Hall–Kier alpha value is -1.48. The molecular weight excluding hydrogens is 200 g/mol. The van der Waals surface area contributed by atoms with E-state index < -0.39 is 0 Å². The smallest absolute Gasteiger partial charge is 0.150 e. The Balaban J connectivity index is 1.92. The Morgan fingerprint density at radius 2 is 2.44 bits per heavy atom. The molecule has 2 aromatic heterocycles.